The summed E-state index contributed by atoms with van der Waals surface area (Å²) in [6, 6.07) is 21.7. The number of ether oxygens (including phenoxy) is 1. The van der Waals surface area contributed by atoms with E-state index in [1.165, 1.54) is 0 Å². The molecule has 4 rings (SSSR count). The minimum atomic E-state index is -0.433. The van der Waals surface area contributed by atoms with Crippen LogP contribution in [-0.2, 0) is 0 Å². The monoisotopic (exact) mass is 372 g/mol. The number of carbonyl (C=O) groups excluding carboxylic acids is 1. The summed E-state index contributed by atoms with van der Waals surface area (Å²) in [7, 11) is 1.65. The topological polar surface area (TPSA) is 82.2 Å². The Balaban J connectivity index is 1.87. The lowest BCUT2D eigenvalue weighted by atomic mass is 10.0. The normalized spacial score (nSPS) is 10.8. The number of methoxy groups -OCH3 is 1. The number of amides is 1. The SMILES string of the molecule is COc1ccc2cc(-c3cc(C(=O)NN)nn3-c3ccc(C)cc3)ccc2c1. The fraction of sp³-hybridized carbons (Fsp3) is 0.0909. The lowest BCUT2D eigenvalue weighted by Gasteiger charge is -2.09. The Kier molecular flexibility index (Phi) is 4.55. The van der Waals surface area contributed by atoms with Crippen molar-refractivity contribution in [2.45, 2.75) is 6.92 Å². The van der Waals surface area contributed by atoms with Crippen LogP contribution in [0.2, 0.25) is 0 Å². The molecular weight excluding hydrogens is 352 g/mol. The van der Waals surface area contributed by atoms with E-state index in [1.54, 1.807) is 17.9 Å². The molecule has 1 heterocycles. The molecule has 1 aromatic heterocycles. The van der Waals surface area contributed by atoms with Crippen molar-refractivity contribution >= 4 is 16.7 Å². The molecule has 28 heavy (non-hydrogen) atoms. The first-order valence-electron chi connectivity index (χ1n) is 8.85. The second-order valence-electron chi connectivity index (χ2n) is 6.56. The zero-order chi connectivity index (χ0) is 19.7. The van der Waals surface area contributed by atoms with Crippen molar-refractivity contribution < 1.29 is 9.53 Å². The largest absolute Gasteiger partial charge is 0.497 e. The van der Waals surface area contributed by atoms with Gasteiger partial charge in [-0.2, -0.15) is 5.10 Å². The van der Waals surface area contributed by atoms with Gasteiger partial charge in [0.25, 0.3) is 5.91 Å². The van der Waals surface area contributed by atoms with Gasteiger partial charge in [0.2, 0.25) is 0 Å². The average molecular weight is 372 g/mol. The molecule has 0 aliphatic carbocycles. The molecule has 140 valence electrons. The Labute approximate surface area is 162 Å². The zero-order valence-electron chi connectivity index (χ0n) is 15.6. The first kappa shape index (κ1) is 17.8. The molecule has 0 unspecified atom stereocenters. The number of hydrogen-bond donors (Lipinski definition) is 2. The highest BCUT2D eigenvalue weighted by molar-refractivity contribution is 5.94. The standard InChI is InChI=1S/C22H20N4O2/c1-14-3-8-18(9-4-14)26-21(13-20(25-26)22(27)24-23)17-6-5-16-12-19(28-2)10-7-15(16)11-17/h3-13H,23H2,1-2H3,(H,24,27). The molecule has 6 heteroatoms. The van der Waals surface area contributed by atoms with Crippen LogP contribution in [0.3, 0.4) is 0 Å². The summed E-state index contributed by atoms with van der Waals surface area (Å²) in [6.07, 6.45) is 0. The minimum Gasteiger partial charge on any atom is -0.497 e. The van der Waals surface area contributed by atoms with Crippen molar-refractivity contribution in [2.75, 3.05) is 7.11 Å². The first-order valence-corrected chi connectivity index (χ1v) is 8.85. The molecule has 0 aliphatic rings. The number of rotatable bonds is 4. The Morgan fingerprint density at radius 1 is 1.00 bits per heavy atom. The number of nitrogens with zero attached hydrogens (tertiary/aromatic N) is 2. The number of aromatic nitrogens is 2. The van der Waals surface area contributed by atoms with Crippen molar-refractivity contribution in [3.8, 4) is 22.7 Å². The van der Waals surface area contributed by atoms with Crippen LogP contribution < -0.4 is 16.0 Å². The quantitative estimate of drug-likeness (QED) is 0.326. The molecule has 3 aromatic carbocycles. The zero-order valence-corrected chi connectivity index (χ0v) is 15.6. The van der Waals surface area contributed by atoms with E-state index in [1.807, 2.05) is 61.5 Å². The maximum Gasteiger partial charge on any atom is 0.285 e. The fourth-order valence-corrected chi connectivity index (χ4v) is 3.16. The van der Waals surface area contributed by atoms with Gasteiger partial charge in [0, 0.05) is 5.56 Å². The van der Waals surface area contributed by atoms with E-state index in [4.69, 9.17) is 10.6 Å². The predicted octanol–water partition coefficient (Wildman–Crippen LogP) is 3.61. The lowest BCUT2D eigenvalue weighted by Crippen LogP contribution is -2.30. The fourth-order valence-electron chi connectivity index (χ4n) is 3.16. The Hall–Kier alpha value is -3.64. The van der Waals surface area contributed by atoms with Crippen LogP contribution in [0.15, 0.2) is 66.7 Å². The number of nitrogen functional groups attached to an aromatic ring is 1. The van der Waals surface area contributed by atoms with Gasteiger partial charge in [-0.15, -0.1) is 0 Å². The van der Waals surface area contributed by atoms with Gasteiger partial charge in [0.1, 0.15) is 5.75 Å². The molecule has 0 atom stereocenters. The smallest absolute Gasteiger partial charge is 0.285 e. The molecular formula is C22H20N4O2. The molecule has 0 spiro atoms. The van der Waals surface area contributed by atoms with E-state index in [-0.39, 0.29) is 5.69 Å². The van der Waals surface area contributed by atoms with Crippen LogP contribution in [0.4, 0.5) is 0 Å². The highest BCUT2D eigenvalue weighted by Gasteiger charge is 2.16. The molecule has 1 amide bonds. The van der Waals surface area contributed by atoms with Crippen LogP contribution in [-0.4, -0.2) is 22.8 Å². The van der Waals surface area contributed by atoms with E-state index in [0.717, 1.165) is 39.0 Å². The summed E-state index contributed by atoms with van der Waals surface area (Å²) in [4.78, 5) is 12.1. The third-order valence-corrected chi connectivity index (χ3v) is 4.69. The maximum absolute atomic E-state index is 12.1. The van der Waals surface area contributed by atoms with Gasteiger partial charge in [-0.3, -0.25) is 10.2 Å². The summed E-state index contributed by atoms with van der Waals surface area (Å²) in [5.41, 5.74) is 6.17. The Morgan fingerprint density at radius 3 is 2.43 bits per heavy atom. The van der Waals surface area contributed by atoms with Crippen molar-refractivity contribution in [1.29, 1.82) is 0 Å². The van der Waals surface area contributed by atoms with E-state index in [0.29, 0.717) is 0 Å². The van der Waals surface area contributed by atoms with E-state index < -0.39 is 5.91 Å². The number of hydrazine groups is 1. The highest BCUT2D eigenvalue weighted by Crippen LogP contribution is 2.29. The molecule has 0 aliphatic heterocycles. The number of benzene rings is 3. The number of aryl methyl sites for hydroxylation is 1. The summed E-state index contributed by atoms with van der Waals surface area (Å²) in [6.45, 7) is 2.03. The van der Waals surface area contributed by atoms with Gasteiger partial charge < -0.3 is 4.74 Å². The number of fused-ring (bicyclic) bond motifs is 1. The van der Waals surface area contributed by atoms with Crippen molar-refractivity contribution in [2.24, 2.45) is 5.84 Å². The van der Waals surface area contributed by atoms with Crippen molar-refractivity contribution in [1.82, 2.24) is 15.2 Å². The molecule has 4 aromatic rings. The first-order chi connectivity index (χ1) is 13.6. The molecule has 0 bridgehead atoms. The second kappa shape index (κ2) is 7.17. The minimum absolute atomic E-state index is 0.257. The van der Waals surface area contributed by atoms with Crippen LogP contribution in [0.25, 0.3) is 27.7 Å². The predicted molar refractivity (Wildman–Crippen MR) is 109 cm³/mol. The van der Waals surface area contributed by atoms with Gasteiger partial charge in [0.15, 0.2) is 5.69 Å². The second-order valence-corrected chi connectivity index (χ2v) is 6.56. The lowest BCUT2D eigenvalue weighted by molar-refractivity contribution is 0.0948. The van der Waals surface area contributed by atoms with Crippen LogP contribution >= 0.6 is 0 Å². The molecule has 0 saturated heterocycles. The van der Waals surface area contributed by atoms with Gasteiger partial charge >= 0.3 is 0 Å². The summed E-state index contributed by atoms with van der Waals surface area (Å²) in [5, 5.41) is 6.61. The van der Waals surface area contributed by atoms with Crippen LogP contribution in [0, 0.1) is 6.92 Å². The summed E-state index contributed by atoms with van der Waals surface area (Å²) in [5.74, 6) is 5.68. The van der Waals surface area contributed by atoms with Gasteiger partial charge in [0.05, 0.1) is 18.5 Å². The third kappa shape index (κ3) is 3.21. The highest BCUT2D eigenvalue weighted by atomic mass is 16.5. The van der Waals surface area contributed by atoms with Gasteiger partial charge in [-0.1, -0.05) is 35.9 Å². The van der Waals surface area contributed by atoms with E-state index >= 15 is 0 Å². The van der Waals surface area contributed by atoms with Crippen LogP contribution in [0.1, 0.15) is 16.1 Å². The van der Waals surface area contributed by atoms with Gasteiger partial charge in [-0.05, 0) is 54.1 Å². The number of carbonyl (C=O) groups is 1. The molecule has 0 fully saturated rings. The molecule has 6 nitrogen and oxygen atoms in total. The number of nitrogens with two attached hydrogens (primary N) is 1. The average Bonchev–Trinajstić information content (AvgIpc) is 3.18. The Bertz CT molecular complexity index is 1160. The van der Waals surface area contributed by atoms with Crippen molar-refractivity contribution in [3.05, 3.63) is 78.0 Å². The molecule has 0 radical (unpaired) electrons. The van der Waals surface area contributed by atoms with E-state index in [9.17, 15) is 4.79 Å². The van der Waals surface area contributed by atoms with E-state index in [2.05, 4.69) is 16.6 Å². The number of nitrogens with one attached hydrogen (secondary N) is 1. The number of hydrogen-bond acceptors (Lipinski definition) is 4. The summed E-state index contributed by atoms with van der Waals surface area (Å²) < 4.78 is 7.05. The summed E-state index contributed by atoms with van der Waals surface area (Å²) >= 11 is 0. The van der Waals surface area contributed by atoms with Crippen molar-refractivity contribution in [3.63, 3.8) is 0 Å². The van der Waals surface area contributed by atoms with Gasteiger partial charge in [-0.25, -0.2) is 10.5 Å². The third-order valence-electron chi connectivity index (χ3n) is 4.69. The molecule has 0 saturated carbocycles. The van der Waals surface area contributed by atoms with Crippen LogP contribution in [0.5, 0.6) is 5.75 Å². The maximum atomic E-state index is 12.1. The Morgan fingerprint density at radius 2 is 1.71 bits per heavy atom. The molecule has 3 N–H and O–H groups in total.